The van der Waals surface area contributed by atoms with Crippen LogP contribution in [0.3, 0.4) is 0 Å². The standard InChI is InChI=1S/C12H19NO2/c1-12(2,3)15-10-13-9-14-11-7-5-4-6-8-11/h4-8,13H,9-10H2,1-3H3. The Morgan fingerprint density at radius 1 is 1.07 bits per heavy atom. The summed E-state index contributed by atoms with van der Waals surface area (Å²) in [6, 6.07) is 9.70. The molecule has 84 valence electrons. The summed E-state index contributed by atoms with van der Waals surface area (Å²) in [5.41, 5.74) is -0.111. The molecule has 3 nitrogen and oxygen atoms in total. The van der Waals surface area contributed by atoms with E-state index in [9.17, 15) is 0 Å². The van der Waals surface area contributed by atoms with Crippen LogP contribution in [0, 0.1) is 0 Å². The second-order valence-electron chi connectivity index (χ2n) is 4.25. The van der Waals surface area contributed by atoms with Gasteiger partial charge in [-0.05, 0) is 32.9 Å². The molecule has 0 aliphatic rings. The molecule has 3 heteroatoms. The molecular weight excluding hydrogens is 190 g/mol. The molecule has 0 atom stereocenters. The first-order chi connectivity index (χ1) is 7.08. The van der Waals surface area contributed by atoms with Gasteiger partial charge >= 0.3 is 0 Å². The van der Waals surface area contributed by atoms with Crippen LogP contribution in [-0.2, 0) is 4.74 Å². The first kappa shape index (κ1) is 12.0. The molecule has 0 radical (unpaired) electrons. The van der Waals surface area contributed by atoms with Crippen molar-refractivity contribution in [2.24, 2.45) is 0 Å². The van der Waals surface area contributed by atoms with Gasteiger partial charge < -0.3 is 9.47 Å². The molecule has 0 bridgehead atoms. The van der Waals surface area contributed by atoms with Crippen LogP contribution >= 0.6 is 0 Å². The van der Waals surface area contributed by atoms with Crippen molar-refractivity contribution in [2.75, 3.05) is 13.5 Å². The maximum atomic E-state index is 5.48. The zero-order chi connectivity index (χ0) is 11.1. The largest absolute Gasteiger partial charge is 0.478 e. The predicted octanol–water partition coefficient (Wildman–Crippen LogP) is 2.39. The molecule has 0 spiro atoms. The molecule has 0 amide bonds. The van der Waals surface area contributed by atoms with E-state index in [1.54, 1.807) is 0 Å². The van der Waals surface area contributed by atoms with Crippen LogP contribution in [0.5, 0.6) is 5.75 Å². The Bertz CT molecular complexity index is 267. The average Bonchev–Trinajstić information content (AvgIpc) is 2.17. The van der Waals surface area contributed by atoms with Gasteiger partial charge in [-0.15, -0.1) is 0 Å². The van der Waals surface area contributed by atoms with E-state index < -0.39 is 0 Å². The summed E-state index contributed by atoms with van der Waals surface area (Å²) >= 11 is 0. The molecule has 0 saturated heterocycles. The van der Waals surface area contributed by atoms with Crippen LogP contribution < -0.4 is 10.1 Å². The summed E-state index contributed by atoms with van der Waals surface area (Å²) in [6.07, 6.45) is 0. The van der Waals surface area contributed by atoms with E-state index in [2.05, 4.69) is 5.32 Å². The van der Waals surface area contributed by atoms with Crippen molar-refractivity contribution in [2.45, 2.75) is 26.4 Å². The molecule has 0 unspecified atom stereocenters. The first-order valence-corrected chi connectivity index (χ1v) is 5.10. The van der Waals surface area contributed by atoms with Gasteiger partial charge in [0, 0.05) is 0 Å². The predicted molar refractivity (Wildman–Crippen MR) is 60.8 cm³/mol. The van der Waals surface area contributed by atoms with Crippen molar-refractivity contribution in [3.8, 4) is 5.75 Å². The molecule has 0 aliphatic heterocycles. The monoisotopic (exact) mass is 209 g/mol. The van der Waals surface area contributed by atoms with Gasteiger partial charge in [0.15, 0.2) is 0 Å². The number of hydrogen-bond acceptors (Lipinski definition) is 3. The number of rotatable bonds is 5. The lowest BCUT2D eigenvalue weighted by Gasteiger charge is -2.19. The van der Waals surface area contributed by atoms with E-state index >= 15 is 0 Å². The van der Waals surface area contributed by atoms with Crippen molar-refractivity contribution < 1.29 is 9.47 Å². The lowest BCUT2D eigenvalue weighted by atomic mass is 10.2. The topological polar surface area (TPSA) is 30.5 Å². The molecular formula is C12H19NO2. The van der Waals surface area contributed by atoms with Gasteiger partial charge in [-0.1, -0.05) is 18.2 Å². The van der Waals surface area contributed by atoms with E-state index in [4.69, 9.17) is 9.47 Å². The maximum absolute atomic E-state index is 5.48. The minimum Gasteiger partial charge on any atom is -0.478 e. The Balaban J connectivity index is 2.08. The van der Waals surface area contributed by atoms with Gasteiger partial charge in [-0.3, -0.25) is 5.32 Å². The zero-order valence-corrected chi connectivity index (χ0v) is 9.62. The quantitative estimate of drug-likeness (QED) is 0.596. The molecule has 0 aliphatic carbocycles. The highest BCUT2D eigenvalue weighted by Crippen LogP contribution is 2.07. The second kappa shape index (κ2) is 5.73. The Hall–Kier alpha value is -1.06. The first-order valence-electron chi connectivity index (χ1n) is 5.10. The van der Waals surface area contributed by atoms with E-state index in [-0.39, 0.29) is 5.60 Å². The number of hydrogen-bond donors (Lipinski definition) is 1. The summed E-state index contributed by atoms with van der Waals surface area (Å²) in [4.78, 5) is 0. The third-order valence-corrected chi connectivity index (χ3v) is 1.69. The van der Waals surface area contributed by atoms with Crippen LogP contribution in [0.1, 0.15) is 20.8 Å². The SMILES string of the molecule is CC(C)(C)OCNCOc1ccccc1. The van der Waals surface area contributed by atoms with Gasteiger partial charge in [0.25, 0.3) is 0 Å². The van der Waals surface area contributed by atoms with Crippen LogP contribution in [0.2, 0.25) is 0 Å². The molecule has 1 rings (SSSR count). The van der Waals surface area contributed by atoms with Crippen molar-refractivity contribution in [3.63, 3.8) is 0 Å². The molecule has 0 saturated carbocycles. The fraction of sp³-hybridized carbons (Fsp3) is 0.500. The Labute approximate surface area is 91.4 Å². The number of benzene rings is 1. The third kappa shape index (κ3) is 6.10. The highest BCUT2D eigenvalue weighted by atomic mass is 16.5. The molecule has 0 fully saturated rings. The van der Waals surface area contributed by atoms with Crippen molar-refractivity contribution in [1.29, 1.82) is 0 Å². The second-order valence-corrected chi connectivity index (χ2v) is 4.25. The van der Waals surface area contributed by atoms with Crippen molar-refractivity contribution in [3.05, 3.63) is 30.3 Å². The van der Waals surface area contributed by atoms with Crippen molar-refractivity contribution in [1.82, 2.24) is 5.32 Å². The fourth-order valence-electron chi connectivity index (χ4n) is 0.960. The molecule has 0 heterocycles. The number of ether oxygens (including phenoxy) is 2. The van der Waals surface area contributed by atoms with E-state index in [1.165, 1.54) is 0 Å². The van der Waals surface area contributed by atoms with Crippen LogP contribution in [0.25, 0.3) is 0 Å². The lowest BCUT2D eigenvalue weighted by Crippen LogP contribution is -2.29. The van der Waals surface area contributed by atoms with Crippen molar-refractivity contribution >= 4 is 0 Å². The zero-order valence-electron chi connectivity index (χ0n) is 9.62. The normalized spacial score (nSPS) is 11.4. The van der Waals surface area contributed by atoms with Gasteiger partial charge in [-0.25, -0.2) is 0 Å². The Morgan fingerprint density at radius 2 is 1.73 bits per heavy atom. The maximum Gasteiger partial charge on any atom is 0.141 e. The summed E-state index contributed by atoms with van der Waals surface area (Å²) in [5.74, 6) is 0.862. The number of para-hydroxylation sites is 1. The summed E-state index contributed by atoms with van der Waals surface area (Å²) in [7, 11) is 0. The van der Waals surface area contributed by atoms with Gasteiger partial charge in [0.2, 0.25) is 0 Å². The Kier molecular flexibility index (Phi) is 4.59. The van der Waals surface area contributed by atoms with E-state index in [0.29, 0.717) is 13.5 Å². The third-order valence-electron chi connectivity index (χ3n) is 1.69. The van der Waals surface area contributed by atoms with Crippen LogP contribution in [0.15, 0.2) is 30.3 Å². The van der Waals surface area contributed by atoms with Crippen LogP contribution in [-0.4, -0.2) is 19.1 Å². The minimum absolute atomic E-state index is 0.111. The average molecular weight is 209 g/mol. The summed E-state index contributed by atoms with van der Waals surface area (Å²) in [6.45, 7) is 7.02. The molecule has 1 N–H and O–H groups in total. The van der Waals surface area contributed by atoms with Gasteiger partial charge in [-0.2, -0.15) is 0 Å². The van der Waals surface area contributed by atoms with Gasteiger partial charge in [0.05, 0.1) is 12.3 Å². The highest BCUT2D eigenvalue weighted by Gasteiger charge is 2.08. The molecule has 15 heavy (non-hydrogen) atoms. The highest BCUT2D eigenvalue weighted by molar-refractivity contribution is 5.20. The molecule has 0 aromatic heterocycles. The smallest absolute Gasteiger partial charge is 0.141 e. The van der Waals surface area contributed by atoms with E-state index in [1.807, 2.05) is 51.1 Å². The summed E-state index contributed by atoms with van der Waals surface area (Å²) < 4.78 is 10.9. The number of nitrogens with one attached hydrogen (secondary N) is 1. The minimum atomic E-state index is -0.111. The summed E-state index contributed by atoms with van der Waals surface area (Å²) in [5, 5.41) is 3.05. The van der Waals surface area contributed by atoms with Crippen LogP contribution in [0.4, 0.5) is 0 Å². The molecule has 1 aromatic rings. The lowest BCUT2D eigenvalue weighted by molar-refractivity contribution is -0.0193. The van der Waals surface area contributed by atoms with Gasteiger partial charge in [0.1, 0.15) is 12.5 Å². The fourth-order valence-corrected chi connectivity index (χ4v) is 0.960. The molecule has 1 aromatic carbocycles. The Morgan fingerprint density at radius 3 is 2.33 bits per heavy atom. The van der Waals surface area contributed by atoms with E-state index in [0.717, 1.165) is 5.75 Å².